The number of nitrogens with zero attached hydrogens (tertiary/aromatic N) is 1. The van der Waals surface area contributed by atoms with Crippen molar-refractivity contribution in [2.45, 2.75) is 83.4 Å². The summed E-state index contributed by atoms with van der Waals surface area (Å²) in [5.74, 6) is -5.81. The lowest BCUT2D eigenvalue weighted by atomic mass is 9.88. The Balaban J connectivity index is 3.97. The van der Waals surface area contributed by atoms with Gasteiger partial charge in [0.15, 0.2) is 12.2 Å². The molecule has 2 amide bonds. The Bertz CT molecular complexity index is 940. The van der Waals surface area contributed by atoms with Gasteiger partial charge < -0.3 is 28.4 Å². The number of esters is 5. The Hall–Kier alpha value is -3.20. The van der Waals surface area contributed by atoms with Gasteiger partial charge in [-0.15, -0.1) is 11.8 Å². The lowest BCUT2D eigenvalue weighted by Crippen LogP contribution is -2.69. The Morgan fingerprint density at radius 2 is 1.45 bits per heavy atom. The molecule has 1 heterocycles. The minimum absolute atomic E-state index is 0.367. The van der Waals surface area contributed by atoms with Crippen molar-refractivity contribution in [3.8, 4) is 0 Å². The van der Waals surface area contributed by atoms with Crippen molar-refractivity contribution in [2.24, 2.45) is 0 Å². The van der Waals surface area contributed by atoms with E-state index in [4.69, 9.17) is 28.4 Å². The summed E-state index contributed by atoms with van der Waals surface area (Å²) in [6.45, 7) is 5.77. The average molecular weight is 564 g/mol. The van der Waals surface area contributed by atoms with Crippen molar-refractivity contribution >= 4 is 53.4 Å². The molecule has 0 bridgehead atoms. The number of hydrogen-bond acceptors (Lipinski definition) is 14. The number of carbonyl (C=O) groups excluding carboxylic acids is 7. The van der Waals surface area contributed by atoms with Crippen LogP contribution in [-0.2, 0) is 62.0 Å². The number of methoxy groups -OCH3 is 1. The van der Waals surface area contributed by atoms with Gasteiger partial charge in [-0.3, -0.25) is 33.7 Å². The summed E-state index contributed by atoms with van der Waals surface area (Å²) in [6.07, 6.45) is -5.08. The van der Waals surface area contributed by atoms with Crippen molar-refractivity contribution in [3.05, 3.63) is 0 Å². The maximum atomic E-state index is 12.9. The predicted octanol–water partition coefficient (Wildman–Crippen LogP) is 0.129. The van der Waals surface area contributed by atoms with E-state index < -0.39 is 83.7 Å². The van der Waals surface area contributed by atoms with Crippen LogP contribution in [0.4, 0.5) is 0 Å². The lowest BCUT2D eigenvalue weighted by Gasteiger charge is -2.50. The summed E-state index contributed by atoms with van der Waals surface area (Å²) in [4.78, 5) is 84.8. The average Bonchev–Trinajstić information content (AvgIpc) is 2.79. The second-order valence-corrected chi connectivity index (χ2v) is 9.37. The Morgan fingerprint density at radius 1 is 0.895 bits per heavy atom. The monoisotopic (exact) mass is 563 g/mol. The van der Waals surface area contributed by atoms with E-state index in [0.29, 0.717) is 0 Å². The summed E-state index contributed by atoms with van der Waals surface area (Å²) < 4.78 is 32.2. The van der Waals surface area contributed by atoms with Gasteiger partial charge in [-0.2, -0.15) is 0 Å². The van der Waals surface area contributed by atoms with Crippen LogP contribution >= 0.6 is 11.8 Å². The van der Waals surface area contributed by atoms with Crippen LogP contribution in [0, 0.1) is 0 Å². The van der Waals surface area contributed by atoms with Crippen molar-refractivity contribution in [3.63, 3.8) is 0 Å². The normalized spacial score (nSPS) is 24.2. The highest BCUT2D eigenvalue weighted by Crippen LogP contribution is 2.43. The zero-order valence-electron chi connectivity index (χ0n) is 22.5. The predicted molar refractivity (Wildman–Crippen MR) is 128 cm³/mol. The molecule has 1 aliphatic heterocycles. The molecule has 0 N–H and O–H groups in total. The third-order valence-corrected chi connectivity index (χ3v) is 6.48. The SMILES string of the molecule is COC(=O)[C@]1(SC)C[C@H](OC(C)=O)[C@@H](N(C(C)=O)C(C)=O)[C@H]([C@H](OC(C)=O)[C@@H](COC(C)=O)OC(C)=O)O1. The second kappa shape index (κ2) is 14.1. The molecule has 0 saturated carbocycles. The van der Waals surface area contributed by atoms with Crippen molar-refractivity contribution in [1.29, 1.82) is 0 Å². The molecule has 15 heteroatoms. The minimum atomic E-state index is -1.88. The summed E-state index contributed by atoms with van der Waals surface area (Å²) in [5, 5.41) is 0. The van der Waals surface area contributed by atoms with Crippen LogP contribution in [0.15, 0.2) is 0 Å². The molecule has 214 valence electrons. The van der Waals surface area contributed by atoms with Gasteiger partial charge in [0, 0.05) is 48.0 Å². The first-order chi connectivity index (χ1) is 17.6. The maximum absolute atomic E-state index is 12.9. The first kappa shape index (κ1) is 32.8. The number of amides is 2. The van der Waals surface area contributed by atoms with Crippen LogP contribution in [0.25, 0.3) is 0 Å². The molecule has 14 nitrogen and oxygen atoms in total. The second-order valence-electron chi connectivity index (χ2n) is 8.31. The molecule has 1 fully saturated rings. The summed E-state index contributed by atoms with van der Waals surface area (Å²) in [5.41, 5.74) is 0. The Labute approximate surface area is 223 Å². The summed E-state index contributed by atoms with van der Waals surface area (Å²) in [6, 6.07) is -1.47. The van der Waals surface area contributed by atoms with Crippen LogP contribution < -0.4 is 0 Å². The fraction of sp³-hybridized carbons (Fsp3) is 0.696. The van der Waals surface area contributed by atoms with Crippen molar-refractivity contribution in [1.82, 2.24) is 4.90 Å². The zero-order chi connectivity index (χ0) is 29.4. The number of hydrogen-bond donors (Lipinski definition) is 0. The van der Waals surface area contributed by atoms with E-state index in [0.717, 1.165) is 65.3 Å². The lowest BCUT2D eigenvalue weighted by molar-refractivity contribution is -0.233. The van der Waals surface area contributed by atoms with E-state index in [1.165, 1.54) is 6.26 Å². The number of carbonyl (C=O) groups is 7. The van der Waals surface area contributed by atoms with E-state index in [-0.39, 0.29) is 6.42 Å². The fourth-order valence-electron chi connectivity index (χ4n) is 4.13. The summed E-state index contributed by atoms with van der Waals surface area (Å²) in [7, 11) is 1.09. The highest BCUT2D eigenvalue weighted by molar-refractivity contribution is 8.00. The Morgan fingerprint density at radius 3 is 1.84 bits per heavy atom. The van der Waals surface area contributed by atoms with Crippen LogP contribution in [0.3, 0.4) is 0 Å². The third kappa shape index (κ3) is 8.41. The van der Waals surface area contributed by atoms with Crippen LogP contribution in [-0.4, -0.2) is 102 Å². The van der Waals surface area contributed by atoms with Gasteiger partial charge in [0.05, 0.1) is 7.11 Å². The molecule has 1 rings (SSSR count). The molecule has 0 aromatic heterocycles. The van der Waals surface area contributed by atoms with Crippen molar-refractivity contribution in [2.75, 3.05) is 20.0 Å². The van der Waals surface area contributed by atoms with E-state index in [1.807, 2.05) is 0 Å². The molecule has 38 heavy (non-hydrogen) atoms. The molecule has 0 unspecified atom stereocenters. The van der Waals surface area contributed by atoms with Gasteiger partial charge in [-0.25, -0.2) is 4.79 Å². The standard InChI is InChI=1S/C23H33NO13S/c1-11(25)24(12(2)26)19-17(34-14(4)28)9-23(38-8,22(31)32-7)37-21(19)20(36-16(6)30)18(35-15(5)29)10-33-13(3)27/h17-21H,9-10H2,1-8H3/t17-,18+,19+,20+,21+,23+/m0/s1. The highest BCUT2D eigenvalue weighted by Gasteiger charge is 2.60. The number of thioether (sulfide) groups is 1. The van der Waals surface area contributed by atoms with Crippen LogP contribution in [0.5, 0.6) is 0 Å². The Kier molecular flexibility index (Phi) is 12.2. The van der Waals surface area contributed by atoms with Crippen molar-refractivity contribution < 1.29 is 62.0 Å². The molecule has 1 aliphatic rings. The van der Waals surface area contributed by atoms with E-state index in [2.05, 4.69) is 0 Å². The first-order valence-electron chi connectivity index (χ1n) is 11.4. The molecule has 0 spiro atoms. The molecule has 0 radical (unpaired) electrons. The number of rotatable bonds is 10. The first-order valence-corrected chi connectivity index (χ1v) is 12.6. The highest BCUT2D eigenvalue weighted by atomic mass is 32.2. The van der Waals surface area contributed by atoms with E-state index in [1.54, 1.807) is 0 Å². The fourth-order valence-corrected chi connectivity index (χ4v) is 4.92. The molecular formula is C23H33NO13S. The molecule has 6 atom stereocenters. The van der Waals surface area contributed by atoms with Crippen LogP contribution in [0.1, 0.15) is 48.0 Å². The van der Waals surface area contributed by atoms with E-state index in [9.17, 15) is 33.6 Å². The van der Waals surface area contributed by atoms with Crippen LogP contribution in [0.2, 0.25) is 0 Å². The largest absolute Gasteiger partial charge is 0.466 e. The molecule has 1 saturated heterocycles. The van der Waals surface area contributed by atoms with Gasteiger partial charge in [0.1, 0.15) is 24.9 Å². The molecule has 0 aromatic carbocycles. The zero-order valence-corrected chi connectivity index (χ0v) is 23.3. The number of ether oxygens (including phenoxy) is 6. The smallest absolute Gasteiger partial charge is 0.348 e. The molecule has 0 aromatic rings. The van der Waals surface area contributed by atoms with Gasteiger partial charge in [-0.05, 0) is 6.26 Å². The minimum Gasteiger partial charge on any atom is -0.466 e. The molecule has 0 aliphatic carbocycles. The maximum Gasteiger partial charge on any atom is 0.348 e. The van der Waals surface area contributed by atoms with E-state index >= 15 is 0 Å². The van der Waals surface area contributed by atoms with Gasteiger partial charge in [0.25, 0.3) is 0 Å². The topological polar surface area (TPSA) is 178 Å². The van der Waals surface area contributed by atoms with Gasteiger partial charge in [0.2, 0.25) is 16.7 Å². The molecular weight excluding hydrogens is 530 g/mol. The number of imide groups is 1. The summed E-state index contributed by atoms with van der Waals surface area (Å²) >= 11 is 0.861. The quantitative estimate of drug-likeness (QED) is 0.259. The van der Waals surface area contributed by atoms with Gasteiger partial charge in [-0.1, -0.05) is 0 Å². The van der Waals surface area contributed by atoms with Gasteiger partial charge >= 0.3 is 29.8 Å². The third-order valence-electron chi connectivity index (χ3n) is 5.39.